The summed E-state index contributed by atoms with van der Waals surface area (Å²) in [6, 6.07) is 0. The van der Waals surface area contributed by atoms with Gasteiger partial charge < -0.3 is 0 Å². The fraction of sp³-hybridized carbons (Fsp3) is 1.00. The SMILES string of the molecule is CC(C)CCC[C@@H](C)C1CC[C@H]2[C@@H]3CC[C@]4(Cl)CCCC[C@]4(C)[C@H]3CC[C@]12C. The molecule has 28 heavy (non-hydrogen) atoms. The predicted molar refractivity (Wildman–Crippen MR) is 123 cm³/mol. The largest absolute Gasteiger partial charge is 0.119 e. The molecule has 0 aromatic heterocycles. The van der Waals surface area contributed by atoms with Crippen molar-refractivity contribution < 1.29 is 0 Å². The average molecular weight is 407 g/mol. The molecule has 0 radical (unpaired) electrons. The van der Waals surface area contributed by atoms with Crippen LogP contribution in [-0.2, 0) is 0 Å². The van der Waals surface area contributed by atoms with Crippen molar-refractivity contribution in [3.05, 3.63) is 0 Å². The van der Waals surface area contributed by atoms with E-state index < -0.39 is 0 Å². The zero-order valence-corrected chi connectivity index (χ0v) is 20.3. The third kappa shape index (κ3) is 3.31. The molecule has 4 saturated carbocycles. The van der Waals surface area contributed by atoms with E-state index in [1.54, 1.807) is 0 Å². The molecule has 0 aromatic rings. The number of halogens is 1. The van der Waals surface area contributed by atoms with Gasteiger partial charge in [-0.25, -0.2) is 0 Å². The number of rotatable bonds is 5. The van der Waals surface area contributed by atoms with E-state index in [2.05, 4.69) is 34.6 Å². The quantitative estimate of drug-likeness (QED) is 0.400. The van der Waals surface area contributed by atoms with Crippen molar-refractivity contribution in [2.24, 2.45) is 46.3 Å². The van der Waals surface area contributed by atoms with Gasteiger partial charge in [0.1, 0.15) is 0 Å². The lowest BCUT2D eigenvalue weighted by Crippen LogP contribution is -2.59. The zero-order valence-electron chi connectivity index (χ0n) is 19.5. The van der Waals surface area contributed by atoms with Crippen molar-refractivity contribution in [1.82, 2.24) is 0 Å². The molecule has 4 aliphatic rings. The molecule has 0 N–H and O–H groups in total. The Morgan fingerprint density at radius 3 is 2.32 bits per heavy atom. The normalized spacial score (nSPS) is 49.4. The minimum Gasteiger partial charge on any atom is -0.119 e. The first-order valence-corrected chi connectivity index (χ1v) is 13.3. The van der Waals surface area contributed by atoms with Crippen LogP contribution in [0.4, 0.5) is 0 Å². The number of hydrogen-bond donors (Lipinski definition) is 0. The topological polar surface area (TPSA) is 0 Å². The Morgan fingerprint density at radius 2 is 1.57 bits per heavy atom. The molecule has 0 aliphatic heterocycles. The molecule has 0 amide bonds. The zero-order chi connectivity index (χ0) is 20.2. The summed E-state index contributed by atoms with van der Waals surface area (Å²) in [7, 11) is 0. The van der Waals surface area contributed by atoms with Crippen LogP contribution >= 0.6 is 11.6 Å². The molecule has 0 heterocycles. The lowest BCUT2D eigenvalue weighted by molar-refractivity contribution is -0.104. The molecule has 8 atom stereocenters. The lowest BCUT2D eigenvalue weighted by Gasteiger charge is -2.63. The monoisotopic (exact) mass is 406 g/mol. The Labute approximate surface area is 181 Å². The third-order valence-electron chi connectivity index (χ3n) is 10.9. The fourth-order valence-electron chi connectivity index (χ4n) is 9.24. The summed E-state index contributed by atoms with van der Waals surface area (Å²) in [5.41, 5.74) is 1.04. The highest BCUT2D eigenvalue weighted by Gasteiger charge is 2.63. The van der Waals surface area contributed by atoms with Gasteiger partial charge >= 0.3 is 0 Å². The fourth-order valence-corrected chi connectivity index (χ4v) is 9.71. The summed E-state index contributed by atoms with van der Waals surface area (Å²) in [6.07, 6.45) is 18.5. The molecule has 0 bridgehead atoms. The van der Waals surface area contributed by atoms with Gasteiger partial charge in [-0.1, -0.05) is 66.7 Å². The molecule has 0 nitrogen and oxygen atoms in total. The van der Waals surface area contributed by atoms with E-state index >= 15 is 0 Å². The van der Waals surface area contributed by atoms with Crippen LogP contribution in [0.2, 0.25) is 0 Å². The van der Waals surface area contributed by atoms with Gasteiger partial charge in [0.2, 0.25) is 0 Å². The van der Waals surface area contributed by atoms with Crippen LogP contribution in [-0.4, -0.2) is 4.87 Å². The molecule has 0 saturated heterocycles. The van der Waals surface area contributed by atoms with Crippen molar-refractivity contribution in [3.63, 3.8) is 0 Å². The van der Waals surface area contributed by atoms with Crippen molar-refractivity contribution in [2.45, 2.75) is 123 Å². The summed E-state index contributed by atoms with van der Waals surface area (Å²) >= 11 is 7.38. The second kappa shape index (κ2) is 7.76. The average Bonchev–Trinajstić information content (AvgIpc) is 2.99. The molecule has 4 rings (SSSR count). The van der Waals surface area contributed by atoms with Crippen molar-refractivity contribution in [3.8, 4) is 0 Å². The van der Waals surface area contributed by atoms with E-state index in [4.69, 9.17) is 11.6 Å². The summed E-state index contributed by atoms with van der Waals surface area (Å²) in [5.74, 6) is 5.64. The molecule has 4 fully saturated rings. The minimum absolute atomic E-state index is 0.127. The van der Waals surface area contributed by atoms with Gasteiger partial charge in [0.05, 0.1) is 4.87 Å². The summed E-state index contributed by atoms with van der Waals surface area (Å²) in [5, 5.41) is 0. The van der Waals surface area contributed by atoms with Crippen LogP contribution in [0.3, 0.4) is 0 Å². The number of hydrogen-bond acceptors (Lipinski definition) is 0. The van der Waals surface area contributed by atoms with Crippen molar-refractivity contribution in [1.29, 1.82) is 0 Å². The van der Waals surface area contributed by atoms with E-state index in [0.717, 1.165) is 35.5 Å². The molecule has 162 valence electrons. The highest BCUT2D eigenvalue weighted by molar-refractivity contribution is 6.24. The van der Waals surface area contributed by atoms with E-state index in [0.29, 0.717) is 10.8 Å². The maximum Gasteiger partial charge on any atom is 0.0503 e. The molecule has 0 spiro atoms. The molecule has 0 aromatic carbocycles. The summed E-state index contributed by atoms with van der Waals surface area (Å²) < 4.78 is 0. The first-order valence-electron chi connectivity index (χ1n) is 12.9. The Kier molecular flexibility index (Phi) is 5.97. The van der Waals surface area contributed by atoms with Crippen molar-refractivity contribution >= 4 is 11.6 Å². The van der Waals surface area contributed by atoms with Crippen LogP contribution in [0.1, 0.15) is 118 Å². The first-order chi connectivity index (χ1) is 13.2. The highest BCUT2D eigenvalue weighted by Crippen LogP contribution is 2.70. The Morgan fingerprint density at radius 1 is 0.821 bits per heavy atom. The molecule has 1 unspecified atom stereocenters. The maximum absolute atomic E-state index is 7.38. The maximum atomic E-state index is 7.38. The van der Waals surface area contributed by atoms with Gasteiger partial charge in [-0.05, 0) is 97.7 Å². The van der Waals surface area contributed by atoms with Crippen LogP contribution in [0.5, 0.6) is 0 Å². The van der Waals surface area contributed by atoms with Gasteiger partial charge in [-0.2, -0.15) is 0 Å². The number of alkyl halides is 1. The summed E-state index contributed by atoms with van der Waals surface area (Å²) in [4.78, 5) is 0.127. The van der Waals surface area contributed by atoms with Gasteiger partial charge in [-0.3, -0.25) is 0 Å². The van der Waals surface area contributed by atoms with Gasteiger partial charge in [0.15, 0.2) is 0 Å². The van der Waals surface area contributed by atoms with Crippen LogP contribution < -0.4 is 0 Å². The smallest absolute Gasteiger partial charge is 0.0503 e. The lowest BCUT2D eigenvalue weighted by atomic mass is 9.44. The van der Waals surface area contributed by atoms with E-state index in [1.807, 2.05) is 0 Å². The van der Waals surface area contributed by atoms with Crippen LogP contribution in [0.15, 0.2) is 0 Å². The van der Waals surface area contributed by atoms with Gasteiger partial charge in [0.25, 0.3) is 0 Å². The van der Waals surface area contributed by atoms with Crippen molar-refractivity contribution in [2.75, 3.05) is 0 Å². The minimum atomic E-state index is 0.127. The second-order valence-corrected chi connectivity index (χ2v) is 13.3. The second-order valence-electron chi connectivity index (χ2n) is 12.5. The Hall–Kier alpha value is 0.290. The Balaban J connectivity index is 1.49. The van der Waals surface area contributed by atoms with Gasteiger partial charge in [0, 0.05) is 0 Å². The van der Waals surface area contributed by atoms with Crippen LogP contribution in [0, 0.1) is 46.3 Å². The first kappa shape index (κ1) is 21.5. The molecule has 4 aliphatic carbocycles. The van der Waals surface area contributed by atoms with E-state index in [9.17, 15) is 0 Å². The highest BCUT2D eigenvalue weighted by atomic mass is 35.5. The van der Waals surface area contributed by atoms with E-state index in [-0.39, 0.29) is 4.87 Å². The van der Waals surface area contributed by atoms with Crippen LogP contribution in [0.25, 0.3) is 0 Å². The number of fused-ring (bicyclic) bond motifs is 5. The molecular formula is C27H47Cl. The summed E-state index contributed by atoms with van der Waals surface area (Å²) in [6.45, 7) is 12.7. The predicted octanol–water partition coefficient (Wildman–Crippen LogP) is 8.86. The molecular weight excluding hydrogens is 360 g/mol. The standard InChI is InChI=1S/C27H47Cl/c1-19(2)9-8-10-20(3)22-11-12-23-21-13-18-27(28)16-7-6-15-26(27,5)24(21)14-17-25(22,23)4/h19-24H,6-18H2,1-5H3/t20-,21+,22?,23+,24+,25-,26-,27-/m1/s1. The Bertz CT molecular complexity index is 554. The third-order valence-corrected chi connectivity index (χ3v) is 11.7. The van der Waals surface area contributed by atoms with Gasteiger partial charge in [-0.15, -0.1) is 11.6 Å². The molecule has 1 heteroatoms. The van der Waals surface area contributed by atoms with E-state index in [1.165, 1.54) is 83.5 Å².